The minimum Gasteiger partial charge on any atom is -0.376 e. The molecule has 14 heteroatoms. The van der Waals surface area contributed by atoms with Gasteiger partial charge in [0.25, 0.3) is 0 Å². The van der Waals surface area contributed by atoms with E-state index in [1.165, 1.54) is 36.5 Å². The molecule has 0 bridgehead atoms. The van der Waals surface area contributed by atoms with Gasteiger partial charge in [-0.1, -0.05) is 0 Å². The number of anilines is 2. The molecule has 0 unspecified atom stereocenters. The van der Waals surface area contributed by atoms with E-state index in [1.807, 2.05) is 0 Å². The lowest BCUT2D eigenvalue weighted by atomic mass is 10.2. The lowest BCUT2D eigenvalue weighted by molar-refractivity contribution is -0.0500. The summed E-state index contributed by atoms with van der Waals surface area (Å²) in [6.07, 6.45) is 1.35. The number of fused-ring (bicyclic) bond motifs is 1. The Hall–Kier alpha value is -2.97. The van der Waals surface area contributed by atoms with E-state index < -0.39 is 31.4 Å². The lowest BCUT2D eigenvalue weighted by Crippen LogP contribution is -2.28. The van der Waals surface area contributed by atoms with Gasteiger partial charge >= 0.3 is 15.6 Å². The molecule has 29 heavy (non-hydrogen) atoms. The van der Waals surface area contributed by atoms with E-state index in [4.69, 9.17) is 5.14 Å². The Labute approximate surface area is 162 Å². The smallest absolute Gasteiger partial charge is 0.376 e. The van der Waals surface area contributed by atoms with E-state index in [0.29, 0.717) is 11.1 Å². The Morgan fingerprint density at radius 3 is 2.24 bits per heavy atom. The zero-order chi connectivity index (χ0) is 21.4. The number of nitrogens with zero attached hydrogens (tertiary/aromatic N) is 2. The van der Waals surface area contributed by atoms with Crippen molar-refractivity contribution in [2.45, 2.75) is 10.4 Å². The molecule has 0 radical (unpaired) electrons. The number of hydrogen-bond donors (Lipinski definition) is 2. The Kier molecular flexibility index (Phi) is 5.10. The van der Waals surface area contributed by atoms with E-state index >= 15 is 0 Å². The molecule has 1 aromatic heterocycles. The third kappa shape index (κ3) is 4.72. The number of benzene rings is 2. The Morgan fingerprint density at radius 2 is 1.66 bits per heavy atom. The lowest BCUT2D eigenvalue weighted by Gasteiger charge is -2.10. The average molecular weight is 448 g/mol. The van der Waals surface area contributed by atoms with Crippen molar-refractivity contribution in [3.05, 3.63) is 48.7 Å². The standard InChI is InChI=1S/C15H11F3N4O5S2/c16-15(17,18)29(25,26)27-11-4-1-9-8-20-14(22-13(9)7-11)21-10-2-5-12(6-3-10)28(19,23)24/h1-8H,(H2,19,23,24)(H,20,21,22). The highest BCUT2D eigenvalue weighted by molar-refractivity contribution is 7.89. The van der Waals surface area contributed by atoms with E-state index in [0.717, 1.165) is 12.1 Å². The number of hydrogen-bond acceptors (Lipinski definition) is 8. The van der Waals surface area contributed by atoms with Crippen LogP contribution in [0.1, 0.15) is 0 Å². The van der Waals surface area contributed by atoms with Crippen molar-refractivity contribution in [1.29, 1.82) is 0 Å². The van der Waals surface area contributed by atoms with E-state index in [2.05, 4.69) is 19.5 Å². The van der Waals surface area contributed by atoms with Crippen molar-refractivity contribution >= 4 is 42.7 Å². The van der Waals surface area contributed by atoms with Gasteiger partial charge in [0.2, 0.25) is 16.0 Å². The summed E-state index contributed by atoms with van der Waals surface area (Å²) in [6, 6.07) is 8.66. The summed E-state index contributed by atoms with van der Waals surface area (Å²) in [7, 11) is -9.67. The van der Waals surface area contributed by atoms with Gasteiger partial charge in [0.1, 0.15) is 5.75 Å². The van der Waals surface area contributed by atoms with Crippen LogP contribution < -0.4 is 14.6 Å². The highest BCUT2D eigenvalue weighted by atomic mass is 32.2. The first-order valence-corrected chi connectivity index (χ1v) is 10.5. The topological polar surface area (TPSA) is 141 Å². The van der Waals surface area contributed by atoms with E-state index in [-0.39, 0.29) is 16.4 Å². The molecule has 0 aliphatic heterocycles. The summed E-state index contributed by atoms with van der Waals surface area (Å²) in [5.41, 5.74) is -5.05. The van der Waals surface area contributed by atoms with Crippen molar-refractivity contribution in [3.8, 4) is 5.75 Å². The molecule has 1 heterocycles. The molecule has 0 saturated heterocycles. The molecule has 0 saturated carbocycles. The quantitative estimate of drug-likeness (QED) is 0.447. The summed E-state index contributed by atoms with van der Waals surface area (Å²) in [6.45, 7) is 0. The normalized spacial score (nSPS) is 12.7. The number of alkyl halides is 3. The molecule has 0 aliphatic carbocycles. The van der Waals surface area contributed by atoms with Crippen molar-refractivity contribution < 1.29 is 34.2 Å². The van der Waals surface area contributed by atoms with Crippen LogP contribution in [0.3, 0.4) is 0 Å². The van der Waals surface area contributed by atoms with Crippen molar-refractivity contribution in [2.75, 3.05) is 5.32 Å². The van der Waals surface area contributed by atoms with Gasteiger partial charge in [0.05, 0.1) is 10.4 Å². The first kappa shape index (κ1) is 20.8. The van der Waals surface area contributed by atoms with Crippen LogP contribution in [0.2, 0.25) is 0 Å². The van der Waals surface area contributed by atoms with Crippen LogP contribution in [-0.4, -0.2) is 32.3 Å². The monoisotopic (exact) mass is 448 g/mol. The molecule has 0 spiro atoms. The van der Waals surface area contributed by atoms with E-state index in [9.17, 15) is 30.0 Å². The molecule has 3 rings (SSSR count). The second kappa shape index (κ2) is 7.13. The summed E-state index contributed by atoms with van der Waals surface area (Å²) in [5, 5.41) is 8.19. The molecule has 0 fully saturated rings. The maximum Gasteiger partial charge on any atom is 0.534 e. The Balaban J connectivity index is 1.87. The molecule has 3 aromatic rings. The zero-order valence-electron chi connectivity index (χ0n) is 14.1. The van der Waals surface area contributed by atoms with Crippen LogP contribution in [0, 0.1) is 0 Å². The molecule has 0 amide bonds. The van der Waals surface area contributed by atoms with Gasteiger partial charge in [0, 0.05) is 23.3 Å². The van der Waals surface area contributed by atoms with Gasteiger partial charge in [-0.25, -0.2) is 23.5 Å². The second-order valence-electron chi connectivity index (χ2n) is 5.59. The summed E-state index contributed by atoms with van der Waals surface area (Å²) in [4.78, 5) is 7.98. The third-order valence-electron chi connectivity index (χ3n) is 3.48. The molecule has 0 atom stereocenters. The maximum absolute atomic E-state index is 12.4. The van der Waals surface area contributed by atoms with Crippen LogP contribution >= 0.6 is 0 Å². The number of primary sulfonamides is 1. The minimum absolute atomic E-state index is 0.0247. The molecular formula is C15H11F3N4O5S2. The fraction of sp³-hybridized carbons (Fsp3) is 0.0667. The highest BCUT2D eigenvalue weighted by Gasteiger charge is 2.48. The van der Waals surface area contributed by atoms with Gasteiger partial charge in [-0.2, -0.15) is 21.6 Å². The zero-order valence-corrected chi connectivity index (χ0v) is 15.7. The number of rotatable bonds is 5. The van der Waals surface area contributed by atoms with Crippen LogP contribution in [0.15, 0.2) is 53.6 Å². The first-order valence-electron chi connectivity index (χ1n) is 7.53. The fourth-order valence-corrected chi connectivity index (χ4v) is 3.11. The molecular weight excluding hydrogens is 437 g/mol. The minimum atomic E-state index is -5.81. The summed E-state index contributed by atoms with van der Waals surface area (Å²) in [5.74, 6) is -0.548. The molecule has 154 valence electrons. The van der Waals surface area contributed by atoms with Crippen LogP contribution in [0.5, 0.6) is 5.75 Å². The largest absolute Gasteiger partial charge is 0.534 e. The number of nitrogens with one attached hydrogen (secondary N) is 1. The number of halogens is 3. The summed E-state index contributed by atoms with van der Waals surface area (Å²) < 4.78 is 86.2. The van der Waals surface area contributed by atoms with Crippen molar-refractivity contribution in [2.24, 2.45) is 5.14 Å². The van der Waals surface area contributed by atoms with E-state index in [1.54, 1.807) is 0 Å². The van der Waals surface area contributed by atoms with Crippen molar-refractivity contribution in [1.82, 2.24) is 9.97 Å². The van der Waals surface area contributed by atoms with Crippen LogP contribution in [0.25, 0.3) is 10.9 Å². The number of sulfonamides is 1. The summed E-state index contributed by atoms with van der Waals surface area (Å²) >= 11 is 0. The predicted octanol–water partition coefficient (Wildman–Crippen LogP) is 2.25. The SMILES string of the molecule is NS(=O)(=O)c1ccc(Nc2ncc3ccc(OS(=O)(=O)C(F)(F)F)cc3n2)cc1. The highest BCUT2D eigenvalue weighted by Crippen LogP contribution is 2.28. The number of aromatic nitrogens is 2. The fourth-order valence-electron chi connectivity index (χ4n) is 2.15. The van der Waals surface area contributed by atoms with Crippen LogP contribution in [-0.2, 0) is 20.1 Å². The Bertz CT molecular complexity index is 1280. The molecule has 2 aromatic carbocycles. The van der Waals surface area contributed by atoms with Gasteiger partial charge in [-0.05, 0) is 36.4 Å². The maximum atomic E-state index is 12.4. The second-order valence-corrected chi connectivity index (χ2v) is 8.69. The van der Waals surface area contributed by atoms with Gasteiger partial charge in [-0.3, -0.25) is 0 Å². The average Bonchev–Trinajstić information content (AvgIpc) is 2.60. The van der Waals surface area contributed by atoms with Gasteiger partial charge in [0.15, 0.2) is 0 Å². The van der Waals surface area contributed by atoms with Crippen LogP contribution in [0.4, 0.5) is 24.8 Å². The molecule has 9 nitrogen and oxygen atoms in total. The molecule has 3 N–H and O–H groups in total. The molecule has 0 aliphatic rings. The first-order chi connectivity index (χ1) is 13.3. The van der Waals surface area contributed by atoms with Crippen molar-refractivity contribution in [3.63, 3.8) is 0 Å². The Morgan fingerprint density at radius 1 is 1.00 bits per heavy atom. The third-order valence-corrected chi connectivity index (χ3v) is 5.39. The van der Waals surface area contributed by atoms with Gasteiger partial charge < -0.3 is 9.50 Å². The number of nitrogens with two attached hydrogens (primary N) is 1. The van der Waals surface area contributed by atoms with Gasteiger partial charge in [-0.15, -0.1) is 0 Å². The predicted molar refractivity (Wildman–Crippen MR) is 96.2 cm³/mol.